The highest BCUT2D eigenvalue weighted by molar-refractivity contribution is 5.77. The first-order valence-electron chi connectivity index (χ1n) is 10.7. The number of aryl methyl sites for hydroxylation is 1. The Morgan fingerprint density at radius 1 is 0.903 bits per heavy atom. The molecular weight excluding hydrogens is 388 g/mol. The molecule has 0 aromatic heterocycles. The van der Waals surface area contributed by atoms with Gasteiger partial charge in [-0.2, -0.15) is 0 Å². The average Bonchev–Trinajstić information content (AvgIpc) is 2.80. The van der Waals surface area contributed by atoms with E-state index in [9.17, 15) is 4.79 Å². The maximum Gasteiger partial charge on any atom is 0.275 e. The van der Waals surface area contributed by atoms with Crippen molar-refractivity contribution in [1.82, 2.24) is 5.32 Å². The lowest BCUT2D eigenvalue weighted by Gasteiger charge is -2.21. The molecule has 160 valence electrons. The van der Waals surface area contributed by atoms with Crippen molar-refractivity contribution in [1.29, 1.82) is 0 Å². The van der Waals surface area contributed by atoms with Crippen LogP contribution in [-0.2, 0) is 4.79 Å². The van der Waals surface area contributed by atoms with E-state index in [0.29, 0.717) is 19.8 Å². The van der Waals surface area contributed by atoms with E-state index in [1.807, 2.05) is 43.3 Å². The van der Waals surface area contributed by atoms with Gasteiger partial charge in [0.1, 0.15) is 19.3 Å². The van der Waals surface area contributed by atoms with E-state index in [4.69, 9.17) is 9.47 Å². The summed E-state index contributed by atoms with van der Waals surface area (Å²) < 4.78 is 11.2. The Morgan fingerprint density at radius 2 is 1.55 bits per heavy atom. The summed E-state index contributed by atoms with van der Waals surface area (Å²) in [6, 6.07) is 24.6. The molecule has 3 aromatic rings. The SMILES string of the molecule is Cc1ccc([C@@H]([NH2+]CC(=O)N[C@H](C)c2ccc3c(c2)OCCO3)c2ccccc2)cc1. The summed E-state index contributed by atoms with van der Waals surface area (Å²) in [5.41, 5.74) is 4.58. The van der Waals surface area contributed by atoms with Crippen LogP contribution in [0.15, 0.2) is 72.8 Å². The van der Waals surface area contributed by atoms with Gasteiger partial charge in [0, 0.05) is 11.1 Å². The zero-order valence-electron chi connectivity index (χ0n) is 18.0. The highest BCUT2D eigenvalue weighted by Gasteiger charge is 2.20. The molecule has 0 unspecified atom stereocenters. The van der Waals surface area contributed by atoms with Gasteiger partial charge in [-0.15, -0.1) is 0 Å². The summed E-state index contributed by atoms with van der Waals surface area (Å²) in [5, 5.41) is 5.19. The Morgan fingerprint density at radius 3 is 2.29 bits per heavy atom. The number of nitrogens with one attached hydrogen (secondary N) is 1. The van der Waals surface area contributed by atoms with Crippen LogP contribution in [0, 0.1) is 6.92 Å². The number of fused-ring (bicyclic) bond motifs is 1. The number of hydrogen-bond donors (Lipinski definition) is 2. The molecule has 1 amide bonds. The van der Waals surface area contributed by atoms with E-state index >= 15 is 0 Å². The first kappa shape index (κ1) is 20.9. The van der Waals surface area contributed by atoms with Gasteiger partial charge in [0.05, 0.1) is 6.04 Å². The third-order valence-electron chi connectivity index (χ3n) is 5.58. The van der Waals surface area contributed by atoms with E-state index in [-0.39, 0.29) is 18.0 Å². The molecule has 0 saturated heterocycles. The van der Waals surface area contributed by atoms with Crippen LogP contribution in [-0.4, -0.2) is 25.7 Å². The third kappa shape index (κ3) is 5.25. The summed E-state index contributed by atoms with van der Waals surface area (Å²) in [4.78, 5) is 12.7. The molecule has 5 nitrogen and oxygen atoms in total. The molecule has 31 heavy (non-hydrogen) atoms. The van der Waals surface area contributed by atoms with Crippen molar-refractivity contribution in [3.63, 3.8) is 0 Å². The molecule has 0 bridgehead atoms. The second-order valence-corrected chi connectivity index (χ2v) is 7.93. The molecule has 3 N–H and O–H groups in total. The van der Waals surface area contributed by atoms with Crippen molar-refractivity contribution in [2.75, 3.05) is 19.8 Å². The Labute approximate surface area is 183 Å². The number of rotatable bonds is 7. The molecule has 0 saturated carbocycles. The van der Waals surface area contributed by atoms with Crippen molar-refractivity contribution >= 4 is 5.91 Å². The minimum atomic E-state index is -0.119. The lowest BCUT2D eigenvalue weighted by molar-refractivity contribution is -0.676. The summed E-state index contributed by atoms with van der Waals surface area (Å²) in [7, 11) is 0. The van der Waals surface area contributed by atoms with Crippen LogP contribution in [0.1, 0.15) is 41.3 Å². The monoisotopic (exact) mass is 417 g/mol. The van der Waals surface area contributed by atoms with Crippen molar-refractivity contribution in [2.45, 2.75) is 25.9 Å². The molecule has 5 heteroatoms. The first-order chi connectivity index (χ1) is 15.1. The fourth-order valence-electron chi connectivity index (χ4n) is 3.84. The maximum absolute atomic E-state index is 12.7. The fraction of sp³-hybridized carbons (Fsp3) is 0.269. The molecule has 0 fully saturated rings. The predicted octanol–water partition coefficient (Wildman–Crippen LogP) is 3.30. The Bertz CT molecular complexity index is 1020. The molecular formula is C26H29N2O3+. The summed E-state index contributed by atoms with van der Waals surface area (Å²) in [5.74, 6) is 1.49. The van der Waals surface area contributed by atoms with Gasteiger partial charge in [0.15, 0.2) is 18.0 Å². The Balaban J connectivity index is 1.41. The van der Waals surface area contributed by atoms with Crippen molar-refractivity contribution in [3.8, 4) is 11.5 Å². The topological polar surface area (TPSA) is 64.2 Å². The second-order valence-electron chi connectivity index (χ2n) is 7.93. The van der Waals surface area contributed by atoms with Crippen molar-refractivity contribution in [2.24, 2.45) is 0 Å². The van der Waals surface area contributed by atoms with Crippen LogP contribution in [0.5, 0.6) is 11.5 Å². The van der Waals surface area contributed by atoms with Crippen molar-refractivity contribution in [3.05, 3.63) is 95.1 Å². The number of benzene rings is 3. The van der Waals surface area contributed by atoms with E-state index in [0.717, 1.165) is 17.1 Å². The minimum Gasteiger partial charge on any atom is -0.486 e. The molecule has 3 aromatic carbocycles. The molecule has 0 aliphatic carbocycles. The highest BCUT2D eigenvalue weighted by atomic mass is 16.6. The molecule has 1 aliphatic rings. The van der Waals surface area contributed by atoms with Crippen LogP contribution < -0.4 is 20.1 Å². The van der Waals surface area contributed by atoms with Gasteiger partial charge >= 0.3 is 0 Å². The van der Waals surface area contributed by atoms with Gasteiger partial charge in [-0.25, -0.2) is 0 Å². The number of carbonyl (C=O) groups is 1. The molecule has 1 heterocycles. The lowest BCUT2D eigenvalue weighted by atomic mass is 9.98. The van der Waals surface area contributed by atoms with Crippen LogP contribution >= 0.6 is 0 Å². The number of carbonyl (C=O) groups excluding carboxylic acids is 1. The lowest BCUT2D eigenvalue weighted by Crippen LogP contribution is -2.87. The highest BCUT2D eigenvalue weighted by Crippen LogP contribution is 2.32. The summed E-state index contributed by atoms with van der Waals surface area (Å²) >= 11 is 0. The van der Waals surface area contributed by atoms with E-state index < -0.39 is 0 Å². The molecule has 0 spiro atoms. The molecule has 1 aliphatic heterocycles. The standard InChI is InChI=1S/C26H28N2O3/c1-18-8-10-21(11-9-18)26(20-6-4-3-5-7-20)27-17-25(29)28-19(2)22-12-13-23-24(16-22)31-15-14-30-23/h3-13,16,19,26-27H,14-15,17H2,1-2H3,(H,28,29)/p+1/t19-,26+/m1/s1. The zero-order chi connectivity index (χ0) is 21.6. The number of ether oxygens (including phenoxy) is 2. The van der Waals surface area contributed by atoms with Crippen LogP contribution in [0.3, 0.4) is 0 Å². The van der Waals surface area contributed by atoms with Gasteiger partial charge in [-0.1, -0.05) is 66.2 Å². The average molecular weight is 418 g/mol. The number of nitrogens with two attached hydrogens (primary N) is 1. The normalized spacial score (nSPS) is 14.5. The Kier molecular flexibility index (Phi) is 6.53. The molecule has 0 radical (unpaired) electrons. The smallest absolute Gasteiger partial charge is 0.275 e. The van der Waals surface area contributed by atoms with Crippen LogP contribution in [0.25, 0.3) is 0 Å². The maximum atomic E-state index is 12.7. The van der Waals surface area contributed by atoms with E-state index in [2.05, 4.69) is 54.0 Å². The van der Waals surface area contributed by atoms with Gasteiger partial charge in [-0.05, 0) is 31.5 Å². The number of quaternary nitrogens is 1. The second kappa shape index (κ2) is 9.67. The van der Waals surface area contributed by atoms with Crippen LogP contribution in [0.2, 0.25) is 0 Å². The minimum absolute atomic E-state index is 0.00423. The molecule has 2 atom stereocenters. The molecule has 4 rings (SSSR count). The first-order valence-corrected chi connectivity index (χ1v) is 10.7. The third-order valence-corrected chi connectivity index (χ3v) is 5.58. The largest absolute Gasteiger partial charge is 0.486 e. The number of amides is 1. The van der Waals surface area contributed by atoms with Gasteiger partial charge in [0.2, 0.25) is 0 Å². The Hall–Kier alpha value is -3.31. The zero-order valence-corrected chi connectivity index (χ0v) is 18.0. The van der Waals surface area contributed by atoms with Crippen molar-refractivity contribution < 1.29 is 19.6 Å². The van der Waals surface area contributed by atoms with E-state index in [1.54, 1.807) is 0 Å². The fourth-order valence-corrected chi connectivity index (χ4v) is 3.84. The van der Waals surface area contributed by atoms with Gasteiger partial charge < -0.3 is 20.1 Å². The summed E-state index contributed by atoms with van der Waals surface area (Å²) in [6.07, 6.45) is 0. The van der Waals surface area contributed by atoms with Gasteiger partial charge in [-0.3, -0.25) is 4.79 Å². The predicted molar refractivity (Wildman–Crippen MR) is 120 cm³/mol. The van der Waals surface area contributed by atoms with E-state index in [1.165, 1.54) is 16.7 Å². The number of hydrogen-bond acceptors (Lipinski definition) is 3. The summed E-state index contributed by atoms with van der Waals surface area (Å²) in [6.45, 7) is 5.52. The van der Waals surface area contributed by atoms with Crippen LogP contribution in [0.4, 0.5) is 0 Å². The quantitative estimate of drug-likeness (QED) is 0.620. The van der Waals surface area contributed by atoms with Gasteiger partial charge in [0.25, 0.3) is 5.91 Å².